The van der Waals surface area contributed by atoms with Gasteiger partial charge in [-0.25, -0.2) is 0 Å². The van der Waals surface area contributed by atoms with E-state index in [0.717, 1.165) is 17.8 Å². The third-order valence-corrected chi connectivity index (χ3v) is 4.55. The third kappa shape index (κ3) is 4.36. The second kappa shape index (κ2) is 9.12. The maximum absolute atomic E-state index is 12.6. The Hall–Kier alpha value is -3.22. The Balaban J connectivity index is 1.61. The molecule has 0 aliphatic carbocycles. The van der Waals surface area contributed by atoms with Crippen molar-refractivity contribution in [3.63, 3.8) is 0 Å². The fourth-order valence-electron chi connectivity index (χ4n) is 3.19. The molecular formula is C21H26N4O3. The number of carbonyl (C=O) groups is 1. The smallest absolute Gasteiger partial charge is 0.246 e. The molecule has 0 fully saturated rings. The highest BCUT2D eigenvalue weighted by atomic mass is 16.5. The minimum Gasteiger partial charge on any atom is -0.493 e. The lowest BCUT2D eigenvalue weighted by molar-refractivity contribution is -0.117. The van der Waals surface area contributed by atoms with Gasteiger partial charge in [-0.15, -0.1) is 0 Å². The van der Waals surface area contributed by atoms with Crippen LogP contribution < -0.4 is 25.0 Å². The molecule has 0 aromatic heterocycles. The van der Waals surface area contributed by atoms with Crippen LogP contribution in [0.4, 0.5) is 11.4 Å². The number of ether oxygens (including phenoxy) is 2. The molecule has 2 aromatic carbocycles. The topological polar surface area (TPSA) is 75.2 Å². The van der Waals surface area contributed by atoms with Crippen LogP contribution in [0.3, 0.4) is 0 Å². The molecule has 0 spiro atoms. The van der Waals surface area contributed by atoms with E-state index in [4.69, 9.17) is 9.47 Å². The molecule has 7 heteroatoms. The molecular weight excluding hydrogens is 356 g/mol. The summed E-state index contributed by atoms with van der Waals surface area (Å²) < 4.78 is 10.9. The van der Waals surface area contributed by atoms with E-state index in [1.165, 1.54) is 5.56 Å². The van der Waals surface area contributed by atoms with E-state index in [-0.39, 0.29) is 12.5 Å². The van der Waals surface area contributed by atoms with Gasteiger partial charge in [-0.3, -0.25) is 9.79 Å². The van der Waals surface area contributed by atoms with Crippen LogP contribution in [0, 0.1) is 0 Å². The predicted octanol–water partition coefficient (Wildman–Crippen LogP) is 2.67. The molecule has 0 unspecified atom stereocenters. The summed E-state index contributed by atoms with van der Waals surface area (Å²) in [5, 5.41) is 6.26. The predicted molar refractivity (Wildman–Crippen MR) is 112 cm³/mol. The molecule has 1 aliphatic rings. The summed E-state index contributed by atoms with van der Waals surface area (Å²) in [6, 6.07) is 13.5. The number of hydrogen-bond donors (Lipinski definition) is 2. The Kier molecular flexibility index (Phi) is 6.37. The Morgan fingerprint density at radius 2 is 2.04 bits per heavy atom. The minimum absolute atomic E-state index is 0.0117. The Bertz CT molecular complexity index is 866. The highest BCUT2D eigenvalue weighted by Gasteiger charge is 2.23. The first-order chi connectivity index (χ1) is 13.7. The molecule has 0 bridgehead atoms. The summed E-state index contributed by atoms with van der Waals surface area (Å²) in [7, 11) is 3.27. The van der Waals surface area contributed by atoms with Crippen molar-refractivity contribution in [3.05, 3.63) is 48.0 Å². The van der Waals surface area contributed by atoms with Crippen molar-refractivity contribution in [2.45, 2.75) is 13.3 Å². The number of fused-ring (bicyclic) bond motifs is 1. The number of methoxy groups -OCH3 is 1. The van der Waals surface area contributed by atoms with Crippen molar-refractivity contribution in [3.8, 4) is 11.5 Å². The van der Waals surface area contributed by atoms with Gasteiger partial charge in [0.05, 0.1) is 20.3 Å². The number of aliphatic imine (C=N–C) groups is 1. The van der Waals surface area contributed by atoms with Crippen molar-refractivity contribution in [2.75, 3.05) is 44.1 Å². The van der Waals surface area contributed by atoms with E-state index < -0.39 is 0 Å². The van der Waals surface area contributed by atoms with Crippen LogP contribution in [0.25, 0.3) is 0 Å². The maximum atomic E-state index is 12.6. The molecule has 7 nitrogen and oxygen atoms in total. The van der Waals surface area contributed by atoms with Gasteiger partial charge >= 0.3 is 0 Å². The van der Waals surface area contributed by atoms with Crippen molar-refractivity contribution in [1.82, 2.24) is 5.32 Å². The highest BCUT2D eigenvalue weighted by molar-refractivity contribution is 6.01. The SMILES string of the molecule is CCOc1cc(NC(=NC)NCC(=O)N2CCc3ccccc32)ccc1OC. The zero-order chi connectivity index (χ0) is 19.9. The Morgan fingerprint density at radius 3 is 2.79 bits per heavy atom. The van der Waals surface area contributed by atoms with E-state index in [1.54, 1.807) is 14.2 Å². The molecule has 3 rings (SSSR count). The first-order valence-corrected chi connectivity index (χ1v) is 9.33. The normalized spacial score (nSPS) is 13.1. The van der Waals surface area contributed by atoms with E-state index in [0.29, 0.717) is 30.6 Å². The molecule has 1 aliphatic heterocycles. The van der Waals surface area contributed by atoms with E-state index in [9.17, 15) is 4.79 Å². The molecule has 0 saturated heterocycles. The zero-order valence-electron chi connectivity index (χ0n) is 16.5. The average molecular weight is 382 g/mol. The molecule has 2 aromatic rings. The molecule has 0 saturated carbocycles. The van der Waals surface area contributed by atoms with Gasteiger partial charge in [0, 0.05) is 31.0 Å². The first-order valence-electron chi connectivity index (χ1n) is 9.33. The minimum atomic E-state index is 0.0117. The highest BCUT2D eigenvalue weighted by Crippen LogP contribution is 2.30. The number of para-hydroxylation sites is 1. The molecule has 0 radical (unpaired) electrons. The van der Waals surface area contributed by atoms with E-state index in [1.807, 2.05) is 48.2 Å². The second-order valence-corrected chi connectivity index (χ2v) is 6.27. The maximum Gasteiger partial charge on any atom is 0.246 e. The van der Waals surface area contributed by atoms with Crippen LogP contribution >= 0.6 is 0 Å². The summed E-state index contributed by atoms with van der Waals surface area (Å²) in [6.07, 6.45) is 0.890. The number of nitrogens with one attached hydrogen (secondary N) is 2. The second-order valence-electron chi connectivity index (χ2n) is 6.27. The standard InChI is InChI=1S/C21H26N4O3/c1-4-28-19-13-16(9-10-18(19)27-3)24-21(22-2)23-14-20(26)25-12-11-15-7-5-6-8-17(15)25/h5-10,13H,4,11-12,14H2,1-3H3,(H2,22,23,24). The van der Waals surface area contributed by atoms with Crippen LogP contribution in [0.2, 0.25) is 0 Å². The van der Waals surface area contributed by atoms with Crippen LogP contribution in [-0.2, 0) is 11.2 Å². The van der Waals surface area contributed by atoms with Crippen LogP contribution in [0.15, 0.2) is 47.5 Å². The number of carbonyl (C=O) groups excluding carboxylic acids is 1. The van der Waals surface area contributed by atoms with Gasteiger partial charge in [-0.2, -0.15) is 0 Å². The summed E-state index contributed by atoms with van der Waals surface area (Å²) in [5.74, 6) is 1.83. The molecule has 0 atom stereocenters. The average Bonchev–Trinajstić information content (AvgIpc) is 3.15. The number of rotatable bonds is 6. The van der Waals surface area contributed by atoms with Gasteiger partial charge in [0.2, 0.25) is 5.91 Å². The van der Waals surface area contributed by atoms with Crippen LogP contribution in [-0.4, -0.2) is 45.7 Å². The van der Waals surface area contributed by atoms with Gasteiger partial charge in [-0.05, 0) is 37.1 Å². The van der Waals surface area contributed by atoms with E-state index >= 15 is 0 Å². The molecule has 28 heavy (non-hydrogen) atoms. The monoisotopic (exact) mass is 382 g/mol. The Labute approximate surface area is 165 Å². The summed E-state index contributed by atoms with van der Waals surface area (Å²) >= 11 is 0. The number of hydrogen-bond acceptors (Lipinski definition) is 4. The van der Waals surface area contributed by atoms with Gasteiger partial charge < -0.3 is 25.0 Å². The molecule has 1 heterocycles. The third-order valence-electron chi connectivity index (χ3n) is 4.55. The number of amides is 1. The van der Waals surface area contributed by atoms with Gasteiger partial charge in [-0.1, -0.05) is 18.2 Å². The Morgan fingerprint density at radius 1 is 1.21 bits per heavy atom. The zero-order valence-corrected chi connectivity index (χ0v) is 16.5. The van der Waals surface area contributed by atoms with Crippen LogP contribution in [0.5, 0.6) is 11.5 Å². The van der Waals surface area contributed by atoms with Crippen molar-refractivity contribution >= 4 is 23.2 Å². The number of anilines is 2. The summed E-state index contributed by atoms with van der Waals surface area (Å²) in [5.41, 5.74) is 2.99. The lowest BCUT2D eigenvalue weighted by Gasteiger charge is -2.19. The van der Waals surface area contributed by atoms with Crippen LogP contribution in [0.1, 0.15) is 12.5 Å². The number of nitrogens with zero attached hydrogens (tertiary/aromatic N) is 2. The van der Waals surface area contributed by atoms with Gasteiger partial charge in [0.15, 0.2) is 17.5 Å². The first kappa shape index (κ1) is 19.5. The number of benzene rings is 2. The summed E-state index contributed by atoms with van der Waals surface area (Å²) in [4.78, 5) is 18.7. The van der Waals surface area contributed by atoms with Gasteiger partial charge in [0.1, 0.15) is 0 Å². The number of guanidine groups is 1. The fraction of sp³-hybridized carbons (Fsp3) is 0.333. The molecule has 1 amide bonds. The van der Waals surface area contributed by atoms with Crippen molar-refractivity contribution in [2.24, 2.45) is 4.99 Å². The van der Waals surface area contributed by atoms with E-state index in [2.05, 4.69) is 21.7 Å². The fourth-order valence-corrected chi connectivity index (χ4v) is 3.19. The summed E-state index contributed by atoms with van der Waals surface area (Å²) in [6.45, 7) is 3.32. The molecule has 2 N–H and O–H groups in total. The van der Waals surface area contributed by atoms with Crippen molar-refractivity contribution in [1.29, 1.82) is 0 Å². The van der Waals surface area contributed by atoms with Crippen molar-refractivity contribution < 1.29 is 14.3 Å². The largest absolute Gasteiger partial charge is 0.493 e. The molecule has 148 valence electrons. The lowest BCUT2D eigenvalue weighted by Crippen LogP contribution is -2.41. The quantitative estimate of drug-likeness (QED) is 0.593. The lowest BCUT2D eigenvalue weighted by atomic mass is 10.2. The van der Waals surface area contributed by atoms with Gasteiger partial charge in [0.25, 0.3) is 0 Å².